The SMILES string of the molecule is Cc1ccc(C(=O)N(C)C)cc1OC(=O)C1CC1C. The van der Waals surface area contributed by atoms with Crippen LogP contribution in [0.3, 0.4) is 0 Å². The topological polar surface area (TPSA) is 46.6 Å². The van der Waals surface area contributed by atoms with E-state index in [1.165, 1.54) is 4.90 Å². The number of esters is 1. The van der Waals surface area contributed by atoms with Crippen molar-refractivity contribution in [1.29, 1.82) is 0 Å². The van der Waals surface area contributed by atoms with Crippen LogP contribution in [0.4, 0.5) is 0 Å². The van der Waals surface area contributed by atoms with Crippen LogP contribution < -0.4 is 4.74 Å². The molecule has 0 radical (unpaired) electrons. The molecule has 4 nitrogen and oxygen atoms in total. The molecule has 0 aromatic heterocycles. The number of hydrogen-bond acceptors (Lipinski definition) is 3. The lowest BCUT2D eigenvalue weighted by Gasteiger charge is -2.13. The number of aryl methyl sites for hydroxylation is 1. The van der Waals surface area contributed by atoms with Crippen molar-refractivity contribution in [1.82, 2.24) is 4.90 Å². The number of nitrogens with zero attached hydrogens (tertiary/aromatic N) is 1. The summed E-state index contributed by atoms with van der Waals surface area (Å²) in [4.78, 5) is 25.2. The van der Waals surface area contributed by atoms with E-state index in [9.17, 15) is 9.59 Å². The fourth-order valence-corrected chi connectivity index (χ4v) is 1.94. The van der Waals surface area contributed by atoms with Crippen LogP contribution in [0.1, 0.15) is 29.3 Å². The summed E-state index contributed by atoms with van der Waals surface area (Å²) in [6, 6.07) is 5.19. The van der Waals surface area contributed by atoms with Crippen molar-refractivity contribution >= 4 is 11.9 Å². The molecule has 0 aliphatic heterocycles. The van der Waals surface area contributed by atoms with E-state index in [-0.39, 0.29) is 17.8 Å². The fraction of sp³-hybridized carbons (Fsp3) is 0.467. The summed E-state index contributed by atoms with van der Waals surface area (Å²) in [6.45, 7) is 3.90. The van der Waals surface area contributed by atoms with E-state index in [0.29, 0.717) is 17.2 Å². The summed E-state index contributed by atoms with van der Waals surface area (Å²) < 4.78 is 5.40. The van der Waals surface area contributed by atoms with Gasteiger partial charge >= 0.3 is 5.97 Å². The number of hydrogen-bond donors (Lipinski definition) is 0. The third kappa shape index (κ3) is 2.95. The van der Waals surface area contributed by atoms with E-state index >= 15 is 0 Å². The maximum absolute atomic E-state index is 11.9. The summed E-state index contributed by atoms with van der Waals surface area (Å²) in [6.07, 6.45) is 0.897. The second kappa shape index (κ2) is 5.03. The summed E-state index contributed by atoms with van der Waals surface area (Å²) in [7, 11) is 3.39. The molecule has 1 aliphatic rings. The lowest BCUT2D eigenvalue weighted by atomic mass is 10.1. The van der Waals surface area contributed by atoms with Gasteiger partial charge in [-0.2, -0.15) is 0 Å². The smallest absolute Gasteiger partial charge is 0.314 e. The maximum atomic E-state index is 11.9. The standard InChI is InChI=1S/C15H19NO3/c1-9-5-6-11(14(17)16(3)4)8-13(9)19-15(18)12-7-10(12)2/h5-6,8,10,12H,7H2,1-4H3. The molecule has 0 heterocycles. The van der Waals surface area contributed by atoms with Crippen molar-refractivity contribution in [2.75, 3.05) is 14.1 Å². The lowest BCUT2D eigenvalue weighted by Crippen LogP contribution is -2.22. The number of ether oxygens (including phenoxy) is 1. The van der Waals surface area contributed by atoms with Gasteiger partial charge in [-0.1, -0.05) is 13.0 Å². The Bertz CT molecular complexity index is 522. The first-order chi connectivity index (χ1) is 8.90. The predicted molar refractivity (Wildman–Crippen MR) is 72.1 cm³/mol. The minimum atomic E-state index is -0.190. The molecule has 102 valence electrons. The first-order valence-electron chi connectivity index (χ1n) is 6.44. The Balaban J connectivity index is 2.17. The first-order valence-corrected chi connectivity index (χ1v) is 6.44. The summed E-state index contributed by atoms with van der Waals surface area (Å²) in [5, 5.41) is 0. The fourth-order valence-electron chi connectivity index (χ4n) is 1.94. The van der Waals surface area contributed by atoms with Crippen LogP contribution in [0.5, 0.6) is 5.75 Å². The van der Waals surface area contributed by atoms with E-state index in [0.717, 1.165) is 12.0 Å². The summed E-state index contributed by atoms with van der Waals surface area (Å²) >= 11 is 0. The van der Waals surface area contributed by atoms with Gasteiger partial charge in [0.1, 0.15) is 5.75 Å². The highest BCUT2D eigenvalue weighted by Crippen LogP contribution is 2.39. The van der Waals surface area contributed by atoms with Gasteiger partial charge in [-0.15, -0.1) is 0 Å². The van der Waals surface area contributed by atoms with E-state index in [1.807, 2.05) is 13.8 Å². The number of rotatable bonds is 3. The zero-order valence-corrected chi connectivity index (χ0v) is 11.8. The molecule has 2 rings (SSSR count). The normalized spacial score (nSPS) is 20.8. The molecule has 0 bridgehead atoms. The van der Waals surface area contributed by atoms with Gasteiger partial charge in [0.2, 0.25) is 0 Å². The van der Waals surface area contributed by atoms with Crippen LogP contribution in [0.15, 0.2) is 18.2 Å². The molecule has 0 saturated heterocycles. The third-order valence-corrected chi connectivity index (χ3v) is 3.46. The molecule has 1 amide bonds. The molecule has 0 N–H and O–H groups in total. The third-order valence-electron chi connectivity index (χ3n) is 3.46. The van der Waals surface area contributed by atoms with Crippen LogP contribution in [0.25, 0.3) is 0 Å². The van der Waals surface area contributed by atoms with Crippen molar-refractivity contribution < 1.29 is 14.3 Å². The summed E-state index contributed by atoms with van der Waals surface area (Å²) in [5.74, 6) is 0.631. The van der Waals surface area contributed by atoms with Gasteiger partial charge in [0.25, 0.3) is 5.91 Å². The Morgan fingerprint density at radius 2 is 1.95 bits per heavy atom. The number of benzene rings is 1. The van der Waals surface area contributed by atoms with Crippen LogP contribution in [-0.2, 0) is 4.79 Å². The first kappa shape index (κ1) is 13.6. The van der Waals surface area contributed by atoms with Gasteiger partial charge in [-0.25, -0.2) is 0 Å². The largest absolute Gasteiger partial charge is 0.426 e. The van der Waals surface area contributed by atoms with E-state index in [2.05, 4.69) is 0 Å². The zero-order chi connectivity index (χ0) is 14.2. The monoisotopic (exact) mass is 261 g/mol. The molecule has 1 aromatic carbocycles. The van der Waals surface area contributed by atoms with Gasteiger partial charge < -0.3 is 9.64 Å². The number of carbonyl (C=O) groups is 2. The molecular weight excluding hydrogens is 242 g/mol. The lowest BCUT2D eigenvalue weighted by molar-refractivity contribution is -0.136. The second-order valence-corrected chi connectivity index (χ2v) is 5.42. The average Bonchev–Trinajstić information content (AvgIpc) is 3.08. The van der Waals surface area contributed by atoms with Crippen molar-refractivity contribution in [3.63, 3.8) is 0 Å². The maximum Gasteiger partial charge on any atom is 0.314 e. The van der Waals surface area contributed by atoms with Gasteiger partial charge in [0, 0.05) is 19.7 Å². The van der Waals surface area contributed by atoms with E-state index < -0.39 is 0 Å². The van der Waals surface area contributed by atoms with Crippen LogP contribution >= 0.6 is 0 Å². The highest BCUT2D eigenvalue weighted by atomic mass is 16.5. The Hall–Kier alpha value is -1.84. The van der Waals surface area contributed by atoms with Crippen molar-refractivity contribution in [3.8, 4) is 5.75 Å². The molecule has 2 atom stereocenters. The molecule has 0 spiro atoms. The Morgan fingerprint density at radius 1 is 1.32 bits per heavy atom. The predicted octanol–water partition coefficient (Wildman–Crippen LogP) is 2.26. The van der Waals surface area contributed by atoms with Gasteiger partial charge in [0.05, 0.1) is 5.92 Å². The van der Waals surface area contributed by atoms with Crippen molar-refractivity contribution in [2.24, 2.45) is 11.8 Å². The highest BCUT2D eigenvalue weighted by Gasteiger charge is 2.40. The molecule has 4 heteroatoms. The van der Waals surface area contributed by atoms with Gasteiger partial charge in [-0.05, 0) is 37.0 Å². The molecule has 1 aliphatic carbocycles. The number of amides is 1. The summed E-state index contributed by atoms with van der Waals surface area (Å²) in [5.41, 5.74) is 1.39. The molecule has 1 fully saturated rings. The molecule has 1 saturated carbocycles. The molecule has 1 aromatic rings. The number of carbonyl (C=O) groups excluding carboxylic acids is 2. The average molecular weight is 261 g/mol. The van der Waals surface area contributed by atoms with Crippen molar-refractivity contribution in [3.05, 3.63) is 29.3 Å². The van der Waals surface area contributed by atoms with Gasteiger partial charge in [-0.3, -0.25) is 9.59 Å². The Kier molecular flexibility index (Phi) is 3.60. The molecular formula is C15H19NO3. The molecule has 2 unspecified atom stereocenters. The molecule has 19 heavy (non-hydrogen) atoms. The van der Waals surface area contributed by atoms with Crippen LogP contribution in [-0.4, -0.2) is 30.9 Å². The minimum absolute atomic E-state index is 0.0209. The highest BCUT2D eigenvalue weighted by molar-refractivity contribution is 5.94. The van der Waals surface area contributed by atoms with Gasteiger partial charge in [0.15, 0.2) is 0 Å². The second-order valence-electron chi connectivity index (χ2n) is 5.42. The zero-order valence-electron chi connectivity index (χ0n) is 11.8. The Labute approximate surface area is 113 Å². The Morgan fingerprint density at radius 3 is 2.47 bits per heavy atom. The van der Waals surface area contributed by atoms with Crippen molar-refractivity contribution in [2.45, 2.75) is 20.3 Å². The minimum Gasteiger partial charge on any atom is -0.426 e. The van der Waals surface area contributed by atoms with E-state index in [4.69, 9.17) is 4.74 Å². The quantitative estimate of drug-likeness (QED) is 0.619. The van der Waals surface area contributed by atoms with Crippen LogP contribution in [0.2, 0.25) is 0 Å². The van der Waals surface area contributed by atoms with E-state index in [1.54, 1.807) is 32.3 Å². The van der Waals surface area contributed by atoms with Crippen LogP contribution in [0, 0.1) is 18.8 Å².